The van der Waals surface area contributed by atoms with E-state index in [1.54, 1.807) is 0 Å². The van der Waals surface area contributed by atoms with Gasteiger partial charge in [0.25, 0.3) is 0 Å². The number of pyridine rings is 1. The van der Waals surface area contributed by atoms with E-state index in [-0.39, 0.29) is 24.0 Å². The molecule has 1 saturated heterocycles. The van der Waals surface area contributed by atoms with Crippen LogP contribution in [0.2, 0.25) is 0 Å². The monoisotopic (exact) mass is 477 g/mol. The molecule has 0 spiro atoms. The fourth-order valence-electron chi connectivity index (χ4n) is 2.92. The Kier molecular flexibility index (Phi) is 11.3. The summed E-state index contributed by atoms with van der Waals surface area (Å²) in [6.45, 7) is 5.12. The molecule has 1 fully saturated rings. The molecular weight excluding hydrogens is 445 g/mol. The molecule has 2 rings (SSSR count). The number of anilines is 1. The molecule has 2 heterocycles. The average molecular weight is 477 g/mol. The Bertz CT molecular complexity index is 518. The van der Waals surface area contributed by atoms with Crippen LogP contribution in [0.4, 0.5) is 5.82 Å². The normalized spacial score (nSPS) is 15.6. The minimum Gasteiger partial charge on any atom is -0.356 e. The summed E-state index contributed by atoms with van der Waals surface area (Å²) < 4.78 is 0. The van der Waals surface area contributed by atoms with E-state index >= 15 is 0 Å². The molecule has 1 aliphatic heterocycles. The first-order valence-electron chi connectivity index (χ1n) is 8.87. The summed E-state index contributed by atoms with van der Waals surface area (Å²) in [6, 6.07) is 6.73. The molecule has 1 aromatic rings. The van der Waals surface area contributed by atoms with Gasteiger partial charge in [-0.1, -0.05) is 6.07 Å². The van der Waals surface area contributed by atoms with Crippen molar-refractivity contribution in [1.82, 2.24) is 15.6 Å². The molecule has 5 nitrogen and oxygen atoms in total. The number of nitrogens with one attached hydrogen (secondary N) is 2. The van der Waals surface area contributed by atoms with E-state index in [2.05, 4.69) is 43.9 Å². The number of aromatic nitrogens is 1. The van der Waals surface area contributed by atoms with Gasteiger partial charge in [-0.2, -0.15) is 11.8 Å². The summed E-state index contributed by atoms with van der Waals surface area (Å²) in [5.41, 5.74) is 1.08. The number of thioether (sulfide) groups is 1. The van der Waals surface area contributed by atoms with Gasteiger partial charge in [-0.05, 0) is 56.7 Å². The second-order valence-corrected chi connectivity index (χ2v) is 7.23. The van der Waals surface area contributed by atoms with E-state index in [0.29, 0.717) is 6.04 Å². The fourth-order valence-corrected chi connectivity index (χ4v) is 3.42. The summed E-state index contributed by atoms with van der Waals surface area (Å²) >= 11 is 1.91. The lowest BCUT2D eigenvalue weighted by Gasteiger charge is -2.34. The van der Waals surface area contributed by atoms with Gasteiger partial charge in [0.1, 0.15) is 5.82 Å². The molecule has 0 saturated carbocycles. The number of hydrogen-bond acceptors (Lipinski definition) is 4. The van der Waals surface area contributed by atoms with E-state index in [0.717, 1.165) is 49.9 Å². The van der Waals surface area contributed by atoms with Crippen molar-refractivity contribution in [3.8, 4) is 0 Å². The Morgan fingerprint density at radius 3 is 2.72 bits per heavy atom. The molecule has 0 bridgehead atoms. The molecule has 7 heteroatoms. The average Bonchev–Trinajstić information content (AvgIpc) is 2.61. The van der Waals surface area contributed by atoms with E-state index < -0.39 is 0 Å². The molecule has 0 atom stereocenters. The first-order chi connectivity index (χ1) is 11.7. The Morgan fingerprint density at radius 1 is 1.32 bits per heavy atom. The summed E-state index contributed by atoms with van der Waals surface area (Å²) in [6.07, 6.45) is 6.84. The SMILES string of the molecule is CN=C(NCCCCSC)NC1CCN(c2cccc(C)n2)CC1.I. The Labute approximate surface area is 173 Å². The van der Waals surface area contributed by atoms with Crippen LogP contribution in [-0.2, 0) is 0 Å². The predicted octanol–water partition coefficient (Wildman–Crippen LogP) is 3.29. The molecule has 0 aromatic carbocycles. The maximum Gasteiger partial charge on any atom is 0.191 e. The molecule has 2 N–H and O–H groups in total. The van der Waals surface area contributed by atoms with Crippen LogP contribution in [0.25, 0.3) is 0 Å². The van der Waals surface area contributed by atoms with Gasteiger partial charge in [0.15, 0.2) is 5.96 Å². The third-order valence-corrected chi connectivity index (χ3v) is 5.02. The minimum atomic E-state index is 0. The third kappa shape index (κ3) is 8.02. The van der Waals surface area contributed by atoms with Crippen molar-refractivity contribution >= 4 is 47.5 Å². The lowest BCUT2D eigenvalue weighted by Crippen LogP contribution is -2.49. The number of rotatable bonds is 7. The molecule has 0 radical (unpaired) electrons. The number of aliphatic imine (C=N–C) groups is 1. The van der Waals surface area contributed by atoms with Crippen molar-refractivity contribution in [2.75, 3.05) is 43.6 Å². The first kappa shape index (κ1) is 22.3. The van der Waals surface area contributed by atoms with Gasteiger partial charge in [0, 0.05) is 38.4 Å². The lowest BCUT2D eigenvalue weighted by molar-refractivity contribution is 0.459. The van der Waals surface area contributed by atoms with Gasteiger partial charge >= 0.3 is 0 Å². The molecular formula is C18H32IN5S. The highest BCUT2D eigenvalue weighted by Crippen LogP contribution is 2.18. The van der Waals surface area contributed by atoms with Crippen molar-refractivity contribution in [1.29, 1.82) is 0 Å². The van der Waals surface area contributed by atoms with Gasteiger partial charge < -0.3 is 15.5 Å². The van der Waals surface area contributed by atoms with E-state index in [1.165, 1.54) is 18.6 Å². The summed E-state index contributed by atoms with van der Waals surface area (Å²) in [4.78, 5) is 11.4. The zero-order valence-electron chi connectivity index (χ0n) is 15.6. The van der Waals surface area contributed by atoms with Gasteiger partial charge in [0.2, 0.25) is 0 Å². The minimum absolute atomic E-state index is 0. The van der Waals surface area contributed by atoms with Crippen LogP contribution in [0.1, 0.15) is 31.4 Å². The molecule has 0 aliphatic carbocycles. The zero-order valence-corrected chi connectivity index (χ0v) is 18.8. The van der Waals surface area contributed by atoms with Gasteiger partial charge in [-0.15, -0.1) is 24.0 Å². The third-order valence-electron chi connectivity index (χ3n) is 4.32. The molecule has 142 valence electrons. The molecule has 0 unspecified atom stereocenters. The molecule has 1 aliphatic rings. The van der Waals surface area contributed by atoms with Gasteiger partial charge in [-0.3, -0.25) is 4.99 Å². The smallest absolute Gasteiger partial charge is 0.191 e. The van der Waals surface area contributed by atoms with Crippen molar-refractivity contribution in [2.45, 2.75) is 38.6 Å². The van der Waals surface area contributed by atoms with E-state index in [1.807, 2.05) is 31.8 Å². The summed E-state index contributed by atoms with van der Waals surface area (Å²) in [5, 5.41) is 7.00. The number of piperidine rings is 1. The van der Waals surface area contributed by atoms with Crippen LogP contribution in [0, 0.1) is 6.92 Å². The summed E-state index contributed by atoms with van der Waals surface area (Å²) in [5.74, 6) is 3.27. The number of unbranched alkanes of at least 4 members (excludes halogenated alkanes) is 1. The number of guanidine groups is 1. The number of nitrogens with zero attached hydrogens (tertiary/aromatic N) is 3. The van der Waals surface area contributed by atoms with Crippen LogP contribution in [0.15, 0.2) is 23.2 Å². The van der Waals surface area contributed by atoms with Crippen molar-refractivity contribution in [2.24, 2.45) is 4.99 Å². The number of hydrogen-bond donors (Lipinski definition) is 2. The molecule has 25 heavy (non-hydrogen) atoms. The highest BCUT2D eigenvalue weighted by Gasteiger charge is 2.20. The van der Waals surface area contributed by atoms with Crippen LogP contribution in [-0.4, -0.2) is 55.7 Å². The van der Waals surface area contributed by atoms with Crippen molar-refractivity contribution < 1.29 is 0 Å². The maximum atomic E-state index is 4.63. The number of aryl methyl sites for hydroxylation is 1. The van der Waals surface area contributed by atoms with Crippen LogP contribution in [0.3, 0.4) is 0 Å². The predicted molar refractivity (Wildman–Crippen MR) is 122 cm³/mol. The standard InChI is InChI=1S/C18H31N5S.HI/c1-15-7-6-8-17(21-15)23-12-9-16(10-13-23)22-18(19-2)20-11-4-5-14-24-3;/h6-8,16H,4-5,9-14H2,1-3H3,(H2,19,20,22);1H. The van der Waals surface area contributed by atoms with E-state index in [9.17, 15) is 0 Å². The van der Waals surface area contributed by atoms with Crippen molar-refractivity contribution in [3.05, 3.63) is 23.9 Å². The Balaban J connectivity index is 0.00000312. The Hall–Kier alpha value is -0.700. The highest BCUT2D eigenvalue weighted by atomic mass is 127. The first-order valence-corrected chi connectivity index (χ1v) is 10.3. The van der Waals surface area contributed by atoms with Gasteiger partial charge in [0.05, 0.1) is 0 Å². The topological polar surface area (TPSA) is 52.6 Å². The molecule has 0 amide bonds. The van der Waals surface area contributed by atoms with Crippen molar-refractivity contribution in [3.63, 3.8) is 0 Å². The summed E-state index contributed by atoms with van der Waals surface area (Å²) in [7, 11) is 1.85. The quantitative estimate of drug-likeness (QED) is 0.273. The zero-order chi connectivity index (χ0) is 17.2. The Morgan fingerprint density at radius 2 is 2.08 bits per heavy atom. The largest absolute Gasteiger partial charge is 0.356 e. The second-order valence-electron chi connectivity index (χ2n) is 6.24. The highest BCUT2D eigenvalue weighted by molar-refractivity contribution is 14.0. The van der Waals surface area contributed by atoms with Crippen LogP contribution in [0.5, 0.6) is 0 Å². The van der Waals surface area contributed by atoms with Crippen LogP contribution >= 0.6 is 35.7 Å². The fraction of sp³-hybridized carbons (Fsp3) is 0.667. The van der Waals surface area contributed by atoms with Crippen LogP contribution < -0.4 is 15.5 Å². The second kappa shape index (κ2) is 12.6. The molecule has 1 aromatic heterocycles. The lowest BCUT2D eigenvalue weighted by atomic mass is 10.1. The number of halogens is 1. The van der Waals surface area contributed by atoms with E-state index in [4.69, 9.17) is 0 Å². The van der Waals surface area contributed by atoms with Gasteiger partial charge in [-0.25, -0.2) is 4.98 Å². The maximum absolute atomic E-state index is 4.63.